The van der Waals surface area contributed by atoms with Crippen LogP contribution in [0, 0.1) is 5.92 Å². The molecule has 27 heavy (non-hydrogen) atoms. The van der Waals surface area contributed by atoms with Crippen molar-refractivity contribution >= 4 is 17.2 Å². The summed E-state index contributed by atoms with van der Waals surface area (Å²) in [5, 5.41) is 20.1. The molecule has 2 unspecified atom stereocenters. The average molecular weight is 367 g/mol. The van der Waals surface area contributed by atoms with Crippen LogP contribution in [0.4, 0.5) is 4.79 Å². The van der Waals surface area contributed by atoms with E-state index in [1.807, 2.05) is 30.7 Å². The molecule has 0 aliphatic carbocycles. The van der Waals surface area contributed by atoms with Crippen LogP contribution >= 0.6 is 0 Å². The summed E-state index contributed by atoms with van der Waals surface area (Å²) in [5.74, 6) is 0.130. The Bertz CT molecular complexity index is 851. The van der Waals surface area contributed by atoms with Crippen LogP contribution in [0.15, 0.2) is 42.9 Å². The molecule has 6 nitrogen and oxygen atoms in total. The summed E-state index contributed by atoms with van der Waals surface area (Å²) in [4.78, 5) is 16.8. The fraction of sp³-hybridized carbons (Fsp3) is 0.429. The van der Waals surface area contributed by atoms with E-state index < -0.39 is 12.2 Å². The molecule has 2 N–H and O–H groups in total. The Labute approximate surface area is 158 Å². The van der Waals surface area contributed by atoms with Crippen molar-refractivity contribution in [1.82, 2.24) is 14.5 Å². The second-order valence-corrected chi connectivity index (χ2v) is 7.52. The van der Waals surface area contributed by atoms with Gasteiger partial charge in [-0.05, 0) is 48.8 Å². The standard InChI is InChI=1S/C21H25N3O3/c1-14-18-12-22-13-24(18)17(20(14)16-5-3-2-4-6-16)11-19(25)15-7-9-23(10-8-15)21(26)27/h2-6,12-13,15,17,19,25H,7-11H2,1H3,(H,26,27). The van der Waals surface area contributed by atoms with Gasteiger partial charge < -0.3 is 19.7 Å². The highest BCUT2D eigenvalue weighted by Crippen LogP contribution is 2.45. The Kier molecular flexibility index (Phi) is 4.74. The number of benzene rings is 1. The Morgan fingerprint density at radius 2 is 1.96 bits per heavy atom. The van der Waals surface area contributed by atoms with Crippen molar-refractivity contribution < 1.29 is 15.0 Å². The molecule has 0 saturated carbocycles. The lowest BCUT2D eigenvalue weighted by atomic mass is 9.85. The summed E-state index contributed by atoms with van der Waals surface area (Å²) in [5.41, 5.74) is 4.73. The van der Waals surface area contributed by atoms with E-state index in [1.165, 1.54) is 21.6 Å². The fourth-order valence-electron chi connectivity index (χ4n) is 4.53. The highest BCUT2D eigenvalue weighted by molar-refractivity contribution is 5.93. The van der Waals surface area contributed by atoms with Crippen LogP contribution in [-0.2, 0) is 0 Å². The van der Waals surface area contributed by atoms with Crippen LogP contribution in [-0.4, -0.2) is 50.0 Å². The zero-order valence-corrected chi connectivity index (χ0v) is 15.5. The molecule has 2 aliphatic rings. The number of rotatable bonds is 4. The molecule has 0 bridgehead atoms. The predicted molar refractivity (Wildman–Crippen MR) is 103 cm³/mol. The third-order valence-corrected chi connectivity index (χ3v) is 6.03. The van der Waals surface area contributed by atoms with E-state index >= 15 is 0 Å². The predicted octanol–water partition coefficient (Wildman–Crippen LogP) is 3.51. The summed E-state index contributed by atoms with van der Waals surface area (Å²) < 4.78 is 2.16. The molecule has 1 aromatic heterocycles. The first-order valence-corrected chi connectivity index (χ1v) is 9.50. The van der Waals surface area contributed by atoms with Crippen LogP contribution in [0.2, 0.25) is 0 Å². The molecule has 1 fully saturated rings. The van der Waals surface area contributed by atoms with Gasteiger partial charge in [-0.1, -0.05) is 30.3 Å². The van der Waals surface area contributed by atoms with E-state index in [9.17, 15) is 9.90 Å². The number of likely N-dealkylation sites (tertiary alicyclic amines) is 1. The van der Waals surface area contributed by atoms with Crippen molar-refractivity contribution in [3.8, 4) is 0 Å². The zero-order valence-electron chi connectivity index (χ0n) is 15.5. The van der Waals surface area contributed by atoms with Gasteiger partial charge in [0.1, 0.15) is 0 Å². The molecule has 2 atom stereocenters. The van der Waals surface area contributed by atoms with E-state index in [0.717, 1.165) is 5.69 Å². The number of hydrogen-bond acceptors (Lipinski definition) is 3. The molecule has 0 spiro atoms. The number of amides is 1. The summed E-state index contributed by atoms with van der Waals surface area (Å²) in [6.45, 7) is 3.12. The highest BCUT2D eigenvalue weighted by atomic mass is 16.4. The summed E-state index contributed by atoms with van der Waals surface area (Å²) in [7, 11) is 0. The minimum Gasteiger partial charge on any atom is -0.465 e. The molecular formula is C21H25N3O3. The van der Waals surface area contributed by atoms with Gasteiger partial charge in [-0.25, -0.2) is 9.78 Å². The van der Waals surface area contributed by atoms with Gasteiger partial charge in [-0.3, -0.25) is 0 Å². The lowest BCUT2D eigenvalue weighted by Gasteiger charge is -2.34. The van der Waals surface area contributed by atoms with Gasteiger partial charge >= 0.3 is 6.09 Å². The van der Waals surface area contributed by atoms with Crippen LogP contribution in [0.5, 0.6) is 0 Å². The number of hydrogen-bond donors (Lipinski definition) is 2. The minimum absolute atomic E-state index is 0.0532. The zero-order chi connectivity index (χ0) is 19.0. The topological polar surface area (TPSA) is 78.6 Å². The number of nitrogens with zero attached hydrogens (tertiary/aromatic N) is 3. The Morgan fingerprint density at radius 1 is 1.26 bits per heavy atom. The normalized spacial score (nSPS) is 21.4. The second kappa shape index (κ2) is 7.19. The first-order valence-electron chi connectivity index (χ1n) is 9.50. The first-order chi connectivity index (χ1) is 13.1. The van der Waals surface area contributed by atoms with Crippen molar-refractivity contribution in [3.63, 3.8) is 0 Å². The number of allylic oxidation sites excluding steroid dienone is 2. The van der Waals surface area contributed by atoms with Gasteiger partial charge in [0.2, 0.25) is 0 Å². The van der Waals surface area contributed by atoms with E-state index in [1.54, 1.807) is 0 Å². The molecule has 1 saturated heterocycles. The SMILES string of the molecule is CC1=C(c2ccccc2)C(CC(O)C2CCN(C(=O)O)CC2)n2cncc21. The smallest absolute Gasteiger partial charge is 0.407 e. The van der Waals surface area contributed by atoms with Crippen molar-refractivity contribution in [1.29, 1.82) is 0 Å². The van der Waals surface area contributed by atoms with Crippen molar-refractivity contribution in [2.45, 2.75) is 38.3 Å². The van der Waals surface area contributed by atoms with Crippen molar-refractivity contribution in [2.75, 3.05) is 13.1 Å². The lowest BCUT2D eigenvalue weighted by Crippen LogP contribution is -2.41. The summed E-state index contributed by atoms with van der Waals surface area (Å²) in [6, 6.07) is 10.4. The van der Waals surface area contributed by atoms with Gasteiger partial charge in [-0.15, -0.1) is 0 Å². The van der Waals surface area contributed by atoms with E-state index in [-0.39, 0.29) is 12.0 Å². The third-order valence-electron chi connectivity index (χ3n) is 6.03. The number of fused-ring (bicyclic) bond motifs is 1. The quantitative estimate of drug-likeness (QED) is 0.867. The Balaban J connectivity index is 1.54. The van der Waals surface area contributed by atoms with Gasteiger partial charge in [-0.2, -0.15) is 0 Å². The summed E-state index contributed by atoms with van der Waals surface area (Å²) in [6.07, 6.45) is 4.43. The molecule has 2 aliphatic heterocycles. The lowest BCUT2D eigenvalue weighted by molar-refractivity contribution is 0.0478. The maximum absolute atomic E-state index is 11.1. The fourth-order valence-corrected chi connectivity index (χ4v) is 4.53. The first kappa shape index (κ1) is 17.8. The van der Waals surface area contributed by atoms with Crippen LogP contribution in [0.3, 0.4) is 0 Å². The Morgan fingerprint density at radius 3 is 2.63 bits per heavy atom. The monoisotopic (exact) mass is 367 g/mol. The van der Waals surface area contributed by atoms with Gasteiger partial charge in [0, 0.05) is 13.1 Å². The van der Waals surface area contributed by atoms with E-state index in [0.29, 0.717) is 32.4 Å². The van der Waals surface area contributed by atoms with Crippen molar-refractivity contribution in [2.24, 2.45) is 5.92 Å². The van der Waals surface area contributed by atoms with Crippen molar-refractivity contribution in [3.05, 3.63) is 54.1 Å². The molecular weight excluding hydrogens is 342 g/mol. The number of carboxylic acid groups (broad SMARTS) is 1. The molecule has 1 aromatic carbocycles. The van der Waals surface area contributed by atoms with Gasteiger partial charge in [0.25, 0.3) is 0 Å². The molecule has 1 amide bonds. The van der Waals surface area contributed by atoms with Gasteiger partial charge in [0.05, 0.1) is 30.4 Å². The number of aliphatic hydroxyl groups excluding tert-OH is 1. The number of aromatic nitrogens is 2. The third kappa shape index (κ3) is 3.25. The number of imidazole rings is 1. The maximum Gasteiger partial charge on any atom is 0.407 e. The molecule has 6 heteroatoms. The summed E-state index contributed by atoms with van der Waals surface area (Å²) >= 11 is 0. The molecule has 0 radical (unpaired) electrons. The second-order valence-electron chi connectivity index (χ2n) is 7.52. The molecule has 4 rings (SSSR count). The molecule has 3 heterocycles. The maximum atomic E-state index is 11.1. The van der Waals surface area contributed by atoms with Gasteiger partial charge in [0.15, 0.2) is 0 Å². The van der Waals surface area contributed by atoms with Crippen LogP contribution in [0.1, 0.15) is 43.5 Å². The Hall–Kier alpha value is -2.60. The van der Waals surface area contributed by atoms with Crippen LogP contribution < -0.4 is 0 Å². The van der Waals surface area contributed by atoms with Crippen LogP contribution in [0.25, 0.3) is 11.1 Å². The minimum atomic E-state index is -0.869. The number of piperidine rings is 1. The number of aliphatic hydroxyl groups is 1. The van der Waals surface area contributed by atoms with E-state index in [2.05, 4.69) is 28.6 Å². The molecule has 142 valence electrons. The molecule has 2 aromatic rings. The average Bonchev–Trinajstić information content (AvgIpc) is 3.26. The number of carbonyl (C=O) groups is 1. The largest absolute Gasteiger partial charge is 0.465 e. The van der Waals surface area contributed by atoms with E-state index in [4.69, 9.17) is 5.11 Å². The highest BCUT2D eigenvalue weighted by Gasteiger charge is 2.34.